The lowest BCUT2D eigenvalue weighted by Gasteiger charge is -2.08. The molecule has 0 fully saturated rings. The van der Waals surface area contributed by atoms with Crippen molar-refractivity contribution >= 4 is 5.69 Å². The second-order valence-electron chi connectivity index (χ2n) is 4.23. The molecule has 0 radical (unpaired) electrons. The number of nitrogens with two attached hydrogens (primary N) is 1. The monoisotopic (exact) mass is 314 g/mol. The number of hydrogen-bond donors (Lipinski definition) is 1. The van der Waals surface area contributed by atoms with E-state index >= 15 is 0 Å². The molecule has 0 aliphatic rings. The van der Waals surface area contributed by atoms with Gasteiger partial charge < -0.3 is 24.7 Å². The molecule has 0 spiro atoms. The quantitative estimate of drug-likeness (QED) is 0.328. The lowest BCUT2D eigenvalue weighted by atomic mass is 10.3. The summed E-state index contributed by atoms with van der Waals surface area (Å²) in [5.74, 6) is 0.572. The summed E-state index contributed by atoms with van der Waals surface area (Å²) in [7, 11) is 0. The van der Waals surface area contributed by atoms with E-state index in [-0.39, 0.29) is 5.69 Å². The molecular formula is C14H22N2O6. The molecule has 1 aromatic rings. The molecule has 0 aliphatic carbocycles. The zero-order valence-corrected chi connectivity index (χ0v) is 12.4. The van der Waals surface area contributed by atoms with Gasteiger partial charge in [-0.2, -0.15) is 0 Å². The number of benzene rings is 1. The Bertz CT molecular complexity index is 412. The van der Waals surface area contributed by atoms with Crippen LogP contribution in [0.15, 0.2) is 24.3 Å². The minimum Gasteiger partial charge on any atom is -0.491 e. The molecule has 8 heteroatoms. The zero-order chi connectivity index (χ0) is 16.0. The van der Waals surface area contributed by atoms with Gasteiger partial charge in [0.05, 0.1) is 44.6 Å². The number of nitro groups is 1. The van der Waals surface area contributed by atoms with Gasteiger partial charge in [-0.05, 0) is 12.1 Å². The van der Waals surface area contributed by atoms with Crippen molar-refractivity contribution in [2.45, 2.75) is 0 Å². The second kappa shape index (κ2) is 11.9. The van der Waals surface area contributed by atoms with Crippen LogP contribution < -0.4 is 10.5 Å². The maximum absolute atomic E-state index is 10.5. The number of rotatable bonds is 13. The summed E-state index contributed by atoms with van der Waals surface area (Å²) in [6.07, 6.45) is 0. The highest BCUT2D eigenvalue weighted by atomic mass is 16.6. The van der Waals surface area contributed by atoms with Crippen molar-refractivity contribution < 1.29 is 23.9 Å². The Morgan fingerprint density at radius 2 is 1.36 bits per heavy atom. The molecule has 1 aromatic carbocycles. The number of non-ortho nitro benzene ring substituents is 1. The molecule has 124 valence electrons. The lowest BCUT2D eigenvalue weighted by molar-refractivity contribution is -0.384. The Kier molecular flexibility index (Phi) is 9.88. The Balaban J connectivity index is 1.94. The SMILES string of the molecule is NCCOCCOCCOCCOc1ccc([N+](=O)[O-])cc1. The Morgan fingerprint density at radius 1 is 0.864 bits per heavy atom. The Morgan fingerprint density at radius 3 is 1.86 bits per heavy atom. The van der Waals surface area contributed by atoms with Crippen LogP contribution in [-0.4, -0.2) is 57.7 Å². The predicted molar refractivity (Wildman–Crippen MR) is 80.1 cm³/mol. The van der Waals surface area contributed by atoms with Crippen LogP contribution in [0.2, 0.25) is 0 Å². The molecule has 0 amide bonds. The smallest absolute Gasteiger partial charge is 0.269 e. The van der Waals surface area contributed by atoms with Gasteiger partial charge in [0.25, 0.3) is 5.69 Å². The average Bonchev–Trinajstić information content (AvgIpc) is 2.53. The number of nitrogens with zero attached hydrogens (tertiary/aromatic N) is 1. The fraction of sp³-hybridized carbons (Fsp3) is 0.571. The van der Waals surface area contributed by atoms with E-state index in [1.54, 1.807) is 12.1 Å². The molecule has 0 saturated heterocycles. The topological polar surface area (TPSA) is 106 Å². The van der Waals surface area contributed by atoms with E-state index in [1.165, 1.54) is 12.1 Å². The third kappa shape index (κ3) is 8.53. The first-order valence-electron chi connectivity index (χ1n) is 7.04. The van der Waals surface area contributed by atoms with Gasteiger partial charge in [0, 0.05) is 18.7 Å². The van der Waals surface area contributed by atoms with Gasteiger partial charge in [-0.3, -0.25) is 10.1 Å². The molecule has 0 heterocycles. The zero-order valence-electron chi connectivity index (χ0n) is 12.4. The largest absolute Gasteiger partial charge is 0.491 e. The van der Waals surface area contributed by atoms with Crippen LogP contribution in [0.5, 0.6) is 5.75 Å². The summed E-state index contributed by atoms with van der Waals surface area (Å²) < 4.78 is 21.2. The van der Waals surface area contributed by atoms with Gasteiger partial charge in [0.15, 0.2) is 0 Å². The van der Waals surface area contributed by atoms with Crippen LogP contribution in [0.1, 0.15) is 0 Å². The Hall–Kier alpha value is -1.74. The summed E-state index contributed by atoms with van der Waals surface area (Å²) in [5, 5.41) is 10.5. The third-order valence-corrected chi connectivity index (χ3v) is 2.55. The standard InChI is InChI=1S/C14H22N2O6/c15-5-6-19-7-8-20-9-10-21-11-12-22-14-3-1-13(2-4-14)16(17)18/h1-4H,5-12,15H2. The first-order chi connectivity index (χ1) is 10.7. The lowest BCUT2D eigenvalue weighted by Crippen LogP contribution is -2.14. The molecule has 0 atom stereocenters. The summed E-state index contributed by atoms with van der Waals surface area (Å²) >= 11 is 0. The predicted octanol–water partition coefficient (Wildman–Crippen LogP) is 0.982. The summed E-state index contributed by atoms with van der Waals surface area (Å²) in [5.41, 5.74) is 5.31. The van der Waals surface area contributed by atoms with E-state index in [0.29, 0.717) is 58.5 Å². The molecule has 1 rings (SSSR count). The van der Waals surface area contributed by atoms with Crippen LogP contribution in [0, 0.1) is 10.1 Å². The van der Waals surface area contributed by atoms with Crippen LogP contribution >= 0.6 is 0 Å². The van der Waals surface area contributed by atoms with Crippen LogP contribution in [0.25, 0.3) is 0 Å². The first kappa shape index (κ1) is 18.3. The highest BCUT2D eigenvalue weighted by Crippen LogP contribution is 2.16. The van der Waals surface area contributed by atoms with Gasteiger partial charge in [-0.15, -0.1) is 0 Å². The molecule has 0 aliphatic heterocycles. The third-order valence-electron chi connectivity index (χ3n) is 2.55. The second-order valence-corrected chi connectivity index (χ2v) is 4.23. The van der Waals surface area contributed by atoms with Crippen LogP contribution in [-0.2, 0) is 14.2 Å². The summed E-state index contributed by atoms with van der Waals surface area (Å²) in [6, 6.07) is 5.92. The van der Waals surface area contributed by atoms with E-state index in [0.717, 1.165) is 0 Å². The summed E-state index contributed by atoms with van der Waals surface area (Å²) in [4.78, 5) is 10.0. The molecule has 2 N–H and O–H groups in total. The van der Waals surface area contributed by atoms with Crippen LogP contribution in [0.3, 0.4) is 0 Å². The molecule has 22 heavy (non-hydrogen) atoms. The van der Waals surface area contributed by atoms with E-state index in [2.05, 4.69) is 0 Å². The van der Waals surface area contributed by atoms with Crippen molar-refractivity contribution in [1.29, 1.82) is 0 Å². The maximum atomic E-state index is 10.5. The fourth-order valence-corrected chi connectivity index (χ4v) is 1.51. The number of hydrogen-bond acceptors (Lipinski definition) is 7. The van der Waals surface area contributed by atoms with Crippen molar-refractivity contribution in [3.63, 3.8) is 0 Å². The van der Waals surface area contributed by atoms with Gasteiger partial charge in [-0.1, -0.05) is 0 Å². The molecule has 8 nitrogen and oxygen atoms in total. The van der Waals surface area contributed by atoms with E-state index in [1.807, 2.05) is 0 Å². The van der Waals surface area contributed by atoms with Crippen molar-refractivity contribution in [2.24, 2.45) is 5.73 Å². The molecule has 0 saturated carbocycles. The van der Waals surface area contributed by atoms with E-state index in [4.69, 9.17) is 24.7 Å². The van der Waals surface area contributed by atoms with Crippen molar-refractivity contribution in [2.75, 3.05) is 52.8 Å². The van der Waals surface area contributed by atoms with Gasteiger partial charge in [-0.25, -0.2) is 0 Å². The van der Waals surface area contributed by atoms with Crippen molar-refractivity contribution in [3.05, 3.63) is 34.4 Å². The fourth-order valence-electron chi connectivity index (χ4n) is 1.51. The number of ether oxygens (including phenoxy) is 4. The van der Waals surface area contributed by atoms with Crippen molar-refractivity contribution in [1.82, 2.24) is 0 Å². The van der Waals surface area contributed by atoms with Gasteiger partial charge in [0.1, 0.15) is 12.4 Å². The maximum Gasteiger partial charge on any atom is 0.269 e. The van der Waals surface area contributed by atoms with Crippen molar-refractivity contribution in [3.8, 4) is 5.75 Å². The van der Waals surface area contributed by atoms with Crippen LogP contribution in [0.4, 0.5) is 5.69 Å². The van der Waals surface area contributed by atoms with E-state index < -0.39 is 4.92 Å². The average molecular weight is 314 g/mol. The summed E-state index contributed by atoms with van der Waals surface area (Å²) in [6.45, 7) is 3.85. The number of nitro benzene ring substituents is 1. The molecule has 0 bridgehead atoms. The minimum atomic E-state index is -0.450. The van der Waals surface area contributed by atoms with Gasteiger partial charge >= 0.3 is 0 Å². The van der Waals surface area contributed by atoms with Gasteiger partial charge in [0.2, 0.25) is 0 Å². The molecule has 0 unspecified atom stereocenters. The van der Waals surface area contributed by atoms with E-state index in [9.17, 15) is 10.1 Å². The first-order valence-corrected chi connectivity index (χ1v) is 7.04. The Labute approximate surface area is 129 Å². The highest BCUT2D eigenvalue weighted by Gasteiger charge is 2.03. The molecule has 0 aromatic heterocycles. The minimum absolute atomic E-state index is 0.0381. The molecular weight excluding hydrogens is 292 g/mol. The normalized spacial score (nSPS) is 10.6. The highest BCUT2D eigenvalue weighted by molar-refractivity contribution is 5.35.